The summed E-state index contributed by atoms with van der Waals surface area (Å²) in [6.07, 6.45) is 3.48. The summed E-state index contributed by atoms with van der Waals surface area (Å²) in [6, 6.07) is 16.9. The number of carbonyl (C=O) groups is 1. The fourth-order valence-corrected chi connectivity index (χ4v) is 4.94. The van der Waals surface area contributed by atoms with Crippen LogP contribution in [0.1, 0.15) is 5.56 Å². The molecule has 0 atom stereocenters. The number of ether oxygens (including phenoxy) is 1. The van der Waals surface area contributed by atoms with Crippen molar-refractivity contribution in [3.05, 3.63) is 71.3 Å². The second kappa shape index (κ2) is 9.48. The van der Waals surface area contributed by atoms with Crippen molar-refractivity contribution < 1.29 is 22.5 Å². The first kappa shape index (κ1) is 23.2. The number of benzene rings is 2. The number of thiocarbonyl (C=S) groups is 1. The van der Waals surface area contributed by atoms with E-state index in [4.69, 9.17) is 22.1 Å². The Hall–Kier alpha value is -2.99. The summed E-state index contributed by atoms with van der Waals surface area (Å²) in [6.45, 7) is -0.278. The van der Waals surface area contributed by atoms with E-state index in [0.717, 1.165) is 27.9 Å². The number of carbonyl (C=O) groups excluding carboxylic acids is 1. The van der Waals surface area contributed by atoms with E-state index >= 15 is 0 Å². The van der Waals surface area contributed by atoms with E-state index in [9.17, 15) is 17.8 Å². The van der Waals surface area contributed by atoms with Gasteiger partial charge in [-0.05, 0) is 30.3 Å². The van der Waals surface area contributed by atoms with Gasteiger partial charge in [-0.25, -0.2) is 13.1 Å². The van der Waals surface area contributed by atoms with Crippen molar-refractivity contribution >= 4 is 50.4 Å². The highest BCUT2D eigenvalue weighted by Gasteiger charge is 2.32. The molecule has 0 saturated carbocycles. The molecular formula is C22H18N3O5S3-. The molecule has 0 bridgehead atoms. The van der Waals surface area contributed by atoms with Crippen LogP contribution in [0.2, 0.25) is 0 Å². The molecule has 8 nitrogen and oxygen atoms in total. The summed E-state index contributed by atoms with van der Waals surface area (Å²) >= 11 is 6.29. The van der Waals surface area contributed by atoms with Gasteiger partial charge in [-0.1, -0.05) is 54.3 Å². The van der Waals surface area contributed by atoms with Crippen LogP contribution in [0.4, 0.5) is 0 Å². The Balaban J connectivity index is 1.75. The molecule has 3 aromatic rings. The third-order valence-electron chi connectivity index (χ3n) is 4.83. The number of para-hydroxylation sites is 1. The average Bonchev–Trinajstić information content (AvgIpc) is 3.33. The van der Waals surface area contributed by atoms with Crippen LogP contribution in [0, 0.1) is 0 Å². The number of aromatic nitrogens is 2. The molecule has 0 spiro atoms. The highest BCUT2D eigenvalue weighted by molar-refractivity contribution is 8.26. The van der Waals surface area contributed by atoms with Crippen molar-refractivity contribution in [2.24, 2.45) is 0 Å². The first-order valence-electron chi connectivity index (χ1n) is 9.73. The van der Waals surface area contributed by atoms with Crippen LogP contribution in [0.25, 0.3) is 23.0 Å². The SMILES string of the molecule is COc1cccc(-c2nn(-c3ccccc3)cc2/C=C2/SC(=S)N(CCS(=O)(=O)[O-])C2=O)c1. The third kappa shape index (κ3) is 5.33. The maximum atomic E-state index is 12.9. The van der Waals surface area contributed by atoms with Gasteiger partial charge in [0.25, 0.3) is 5.91 Å². The zero-order valence-electron chi connectivity index (χ0n) is 17.4. The van der Waals surface area contributed by atoms with Crippen LogP contribution >= 0.6 is 24.0 Å². The number of amides is 1. The zero-order valence-corrected chi connectivity index (χ0v) is 19.8. The summed E-state index contributed by atoms with van der Waals surface area (Å²) < 4.78 is 40.2. The smallest absolute Gasteiger partial charge is 0.266 e. The molecule has 4 rings (SSSR count). The highest BCUT2D eigenvalue weighted by atomic mass is 32.2. The van der Waals surface area contributed by atoms with Crippen LogP contribution in [-0.4, -0.2) is 57.3 Å². The molecule has 0 unspecified atom stereocenters. The number of methoxy groups -OCH3 is 1. The largest absolute Gasteiger partial charge is 0.748 e. The second-order valence-corrected chi connectivity index (χ2v) is 10.2. The highest BCUT2D eigenvalue weighted by Crippen LogP contribution is 2.35. The van der Waals surface area contributed by atoms with Gasteiger partial charge in [0.15, 0.2) is 0 Å². The minimum absolute atomic E-state index is 0.202. The van der Waals surface area contributed by atoms with Crippen molar-refractivity contribution in [1.29, 1.82) is 0 Å². The number of nitrogens with zero attached hydrogens (tertiary/aromatic N) is 3. The van der Waals surface area contributed by atoms with Crippen molar-refractivity contribution in [2.75, 3.05) is 19.4 Å². The summed E-state index contributed by atoms with van der Waals surface area (Å²) in [7, 11) is -2.89. The van der Waals surface area contributed by atoms with Crippen LogP contribution in [0.5, 0.6) is 5.75 Å². The normalized spacial score (nSPS) is 15.5. The van der Waals surface area contributed by atoms with Crippen molar-refractivity contribution in [3.63, 3.8) is 0 Å². The monoisotopic (exact) mass is 500 g/mol. The lowest BCUT2D eigenvalue weighted by Gasteiger charge is -2.15. The van der Waals surface area contributed by atoms with E-state index in [1.807, 2.05) is 54.6 Å². The van der Waals surface area contributed by atoms with Gasteiger partial charge < -0.3 is 9.29 Å². The predicted octanol–water partition coefficient (Wildman–Crippen LogP) is 3.29. The molecule has 11 heteroatoms. The van der Waals surface area contributed by atoms with Crippen molar-refractivity contribution in [3.8, 4) is 22.7 Å². The average molecular weight is 501 g/mol. The molecule has 33 heavy (non-hydrogen) atoms. The Morgan fingerprint density at radius 3 is 2.64 bits per heavy atom. The maximum absolute atomic E-state index is 12.9. The third-order valence-corrected chi connectivity index (χ3v) is 6.89. The molecule has 170 valence electrons. The molecule has 1 saturated heterocycles. The maximum Gasteiger partial charge on any atom is 0.266 e. The van der Waals surface area contributed by atoms with Gasteiger partial charge in [0.1, 0.15) is 15.8 Å². The zero-order chi connectivity index (χ0) is 23.6. The van der Waals surface area contributed by atoms with E-state index < -0.39 is 21.8 Å². The minimum Gasteiger partial charge on any atom is -0.748 e. The molecule has 0 radical (unpaired) electrons. The van der Waals surface area contributed by atoms with Gasteiger partial charge in [0.2, 0.25) is 0 Å². The van der Waals surface area contributed by atoms with Crippen LogP contribution < -0.4 is 4.74 Å². The van der Waals surface area contributed by atoms with Crippen molar-refractivity contribution in [2.45, 2.75) is 0 Å². The molecule has 2 aromatic carbocycles. The molecule has 1 aliphatic rings. The molecule has 1 fully saturated rings. The molecule has 0 N–H and O–H groups in total. The van der Waals surface area contributed by atoms with E-state index in [2.05, 4.69) is 0 Å². The molecule has 1 aromatic heterocycles. The second-order valence-electron chi connectivity index (χ2n) is 7.04. The van der Waals surface area contributed by atoms with E-state index in [1.165, 1.54) is 0 Å². The predicted molar refractivity (Wildman–Crippen MR) is 130 cm³/mol. The summed E-state index contributed by atoms with van der Waals surface area (Å²) in [5, 5.41) is 4.73. The number of rotatable bonds is 7. The van der Waals surface area contributed by atoms with Gasteiger partial charge in [-0.15, -0.1) is 0 Å². The van der Waals surface area contributed by atoms with Gasteiger partial charge in [0.05, 0.1) is 33.6 Å². The Morgan fingerprint density at radius 2 is 1.94 bits per heavy atom. The van der Waals surface area contributed by atoms with E-state index in [-0.39, 0.29) is 10.9 Å². The summed E-state index contributed by atoms with van der Waals surface area (Å²) in [5.74, 6) is -0.483. The Bertz CT molecular complexity index is 1350. The summed E-state index contributed by atoms with van der Waals surface area (Å²) in [5.41, 5.74) is 2.94. The van der Waals surface area contributed by atoms with E-state index in [0.29, 0.717) is 21.9 Å². The Labute approximate surface area is 200 Å². The van der Waals surface area contributed by atoms with Gasteiger partial charge in [-0.3, -0.25) is 9.69 Å². The Kier molecular flexibility index (Phi) is 6.66. The number of thioether (sulfide) groups is 1. The lowest BCUT2D eigenvalue weighted by Crippen LogP contribution is -2.32. The van der Waals surface area contributed by atoms with Crippen LogP contribution in [-0.2, 0) is 14.9 Å². The first-order valence-corrected chi connectivity index (χ1v) is 12.5. The topological polar surface area (TPSA) is 105 Å². The standard InChI is InChI=1S/C22H19N3O5S3/c1-30-18-9-5-6-15(12-18)20-16(14-25(23-20)17-7-3-2-4-8-17)13-19-21(26)24(22(31)32-19)10-11-33(27,28)29/h2-9,12-14H,10-11H2,1H3,(H,27,28,29)/p-1/b19-13+. The molecule has 0 aliphatic carbocycles. The number of hydrogen-bond acceptors (Lipinski definition) is 8. The summed E-state index contributed by atoms with van der Waals surface area (Å²) in [4.78, 5) is 14.3. The number of hydrogen-bond donors (Lipinski definition) is 0. The Morgan fingerprint density at radius 1 is 1.18 bits per heavy atom. The van der Waals surface area contributed by atoms with E-state index in [1.54, 1.807) is 24.1 Å². The lowest BCUT2D eigenvalue weighted by atomic mass is 10.1. The van der Waals surface area contributed by atoms with Crippen LogP contribution in [0.3, 0.4) is 0 Å². The fraction of sp³-hybridized carbons (Fsp3) is 0.136. The van der Waals surface area contributed by atoms with Gasteiger partial charge in [0, 0.05) is 23.9 Å². The molecule has 1 aliphatic heterocycles. The van der Waals surface area contributed by atoms with Crippen molar-refractivity contribution in [1.82, 2.24) is 14.7 Å². The molecule has 1 amide bonds. The van der Waals surface area contributed by atoms with Crippen LogP contribution in [0.15, 0.2) is 65.7 Å². The minimum atomic E-state index is -4.47. The molecule has 2 heterocycles. The lowest BCUT2D eigenvalue weighted by molar-refractivity contribution is -0.121. The van der Waals surface area contributed by atoms with Gasteiger partial charge in [-0.2, -0.15) is 5.10 Å². The molecular weight excluding hydrogens is 482 g/mol. The quantitative estimate of drug-likeness (QED) is 0.277. The van der Waals surface area contributed by atoms with Gasteiger partial charge >= 0.3 is 0 Å². The first-order chi connectivity index (χ1) is 15.7. The fourth-order valence-electron chi connectivity index (χ4n) is 3.24.